The Morgan fingerprint density at radius 3 is 2.67 bits per heavy atom. The van der Waals surface area contributed by atoms with Gasteiger partial charge in [0.15, 0.2) is 0 Å². The van der Waals surface area contributed by atoms with Crippen LogP contribution in [0.2, 0.25) is 0 Å². The first kappa shape index (κ1) is 15.8. The normalized spacial score (nSPS) is 24.3. The smallest absolute Gasteiger partial charge is 0.241 e. The first-order valence-corrected chi connectivity index (χ1v) is 8.56. The zero-order valence-corrected chi connectivity index (χ0v) is 13.1. The first-order chi connectivity index (χ1) is 8.61. The van der Waals surface area contributed by atoms with Crippen molar-refractivity contribution in [2.45, 2.75) is 58.7 Å². The molecular formula is C14H28N2OS. The molecule has 4 heteroatoms. The number of unbranched alkanes of at least 4 members (excludes halogenated alkanes) is 1. The highest BCUT2D eigenvalue weighted by Crippen LogP contribution is 2.20. The molecule has 1 saturated heterocycles. The predicted octanol–water partition coefficient (Wildman–Crippen LogP) is 2.71. The van der Waals surface area contributed by atoms with Gasteiger partial charge < -0.3 is 4.90 Å². The van der Waals surface area contributed by atoms with Gasteiger partial charge in [-0.3, -0.25) is 10.1 Å². The maximum Gasteiger partial charge on any atom is 0.241 e. The fourth-order valence-corrected chi connectivity index (χ4v) is 2.98. The van der Waals surface area contributed by atoms with Crippen molar-refractivity contribution in [2.75, 3.05) is 18.6 Å². The minimum Gasteiger partial charge on any atom is -0.326 e. The van der Waals surface area contributed by atoms with Crippen LogP contribution in [0.3, 0.4) is 0 Å². The van der Waals surface area contributed by atoms with Crippen LogP contribution in [0.1, 0.15) is 46.5 Å². The highest BCUT2D eigenvalue weighted by atomic mass is 32.2. The van der Waals surface area contributed by atoms with E-state index in [4.69, 9.17) is 0 Å². The summed E-state index contributed by atoms with van der Waals surface area (Å²) in [5.41, 5.74) is 0. The van der Waals surface area contributed by atoms with E-state index < -0.39 is 0 Å². The van der Waals surface area contributed by atoms with Crippen LogP contribution in [0.4, 0.5) is 0 Å². The molecule has 1 amide bonds. The van der Waals surface area contributed by atoms with Gasteiger partial charge in [-0.2, -0.15) is 11.8 Å². The van der Waals surface area contributed by atoms with E-state index >= 15 is 0 Å². The molecule has 0 aromatic heterocycles. The standard InChI is InChI=1S/C14H28N2OS/c1-5-8-12-15-13(11(2)3)14(17)16(12)9-6-7-10-18-4/h11-13,15H,5-10H2,1-4H3. The number of carbonyl (C=O) groups excluding carboxylic acids is 1. The van der Waals surface area contributed by atoms with E-state index in [1.54, 1.807) is 0 Å². The van der Waals surface area contributed by atoms with Gasteiger partial charge in [-0.05, 0) is 37.2 Å². The fourth-order valence-electron chi connectivity index (χ4n) is 2.49. The average Bonchev–Trinajstić information content (AvgIpc) is 2.63. The molecule has 106 valence electrons. The Bertz CT molecular complexity index is 258. The van der Waals surface area contributed by atoms with Gasteiger partial charge >= 0.3 is 0 Å². The van der Waals surface area contributed by atoms with Crippen molar-refractivity contribution in [3.05, 3.63) is 0 Å². The third kappa shape index (κ3) is 4.16. The molecule has 1 heterocycles. The Kier molecular flexibility index (Phi) is 7.08. The summed E-state index contributed by atoms with van der Waals surface area (Å²) < 4.78 is 0. The molecule has 1 aliphatic rings. The Morgan fingerprint density at radius 2 is 2.11 bits per heavy atom. The van der Waals surface area contributed by atoms with Gasteiger partial charge in [-0.25, -0.2) is 0 Å². The zero-order valence-electron chi connectivity index (χ0n) is 12.2. The van der Waals surface area contributed by atoms with Gasteiger partial charge in [0.2, 0.25) is 5.91 Å². The summed E-state index contributed by atoms with van der Waals surface area (Å²) in [6.45, 7) is 7.34. The number of nitrogens with one attached hydrogen (secondary N) is 1. The summed E-state index contributed by atoms with van der Waals surface area (Å²) >= 11 is 1.88. The number of nitrogens with zero attached hydrogens (tertiary/aromatic N) is 1. The SMILES string of the molecule is CCCC1NC(C(C)C)C(=O)N1CCCCSC. The van der Waals surface area contributed by atoms with Crippen molar-refractivity contribution in [3.8, 4) is 0 Å². The molecule has 0 aromatic rings. The lowest BCUT2D eigenvalue weighted by Gasteiger charge is -2.23. The van der Waals surface area contributed by atoms with E-state index in [-0.39, 0.29) is 12.2 Å². The Labute approximate surface area is 116 Å². The minimum atomic E-state index is 0.0297. The molecule has 0 aliphatic carbocycles. The monoisotopic (exact) mass is 272 g/mol. The third-order valence-electron chi connectivity index (χ3n) is 3.52. The molecule has 18 heavy (non-hydrogen) atoms. The van der Waals surface area contributed by atoms with Crippen molar-refractivity contribution in [2.24, 2.45) is 5.92 Å². The molecule has 3 nitrogen and oxygen atoms in total. The second kappa shape index (κ2) is 8.05. The van der Waals surface area contributed by atoms with Crippen molar-refractivity contribution in [1.82, 2.24) is 10.2 Å². The van der Waals surface area contributed by atoms with E-state index in [1.807, 2.05) is 11.8 Å². The highest BCUT2D eigenvalue weighted by Gasteiger charge is 2.39. The van der Waals surface area contributed by atoms with Crippen LogP contribution in [0.15, 0.2) is 0 Å². The molecule has 0 saturated carbocycles. The maximum absolute atomic E-state index is 12.4. The van der Waals surface area contributed by atoms with E-state index in [0.717, 1.165) is 25.8 Å². The quantitative estimate of drug-likeness (QED) is 0.690. The fraction of sp³-hybridized carbons (Fsp3) is 0.929. The van der Waals surface area contributed by atoms with Crippen molar-refractivity contribution in [1.29, 1.82) is 0 Å². The number of hydrogen-bond donors (Lipinski definition) is 1. The van der Waals surface area contributed by atoms with Crippen LogP contribution in [0.25, 0.3) is 0 Å². The molecule has 1 rings (SSSR count). The van der Waals surface area contributed by atoms with E-state index in [0.29, 0.717) is 11.8 Å². The minimum absolute atomic E-state index is 0.0297. The summed E-state index contributed by atoms with van der Waals surface area (Å²) in [4.78, 5) is 14.4. The number of thioether (sulfide) groups is 1. The lowest BCUT2D eigenvalue weighted by molar-refractivity contribution is -0.130. The van der Waals surface area contributed by atoms with Crippen LogP contribution in [-0.4, -0.2) is 41.6 Å². The molecular weight excluding hydrogens is 244 g/mol. The lowest BCUT2D eigenvalue weighted by Crippen LogP contribution is -2.38. The lowest BCUT2D eigenvalue weighted by atomic mass is 10.1. The van der Waals surface area contributed by atoms with Crippen LogP contribution in [-0.2, 0) is 4.79 Å². The summed E-state index contributed by atoms with van der Waals surface area (Å²) in [5.74, 6) is 1.89. The molecule has 2 unspecified atom stereocenters. The third-order valence-corrected chi connectivity index (χ3v) is 4.22. The molecule has 2 atom stereocenters. The van der Waals surface area contributed by atoms with Gasteiger partial charge in [0.1, 0.15) is 0 Å². The van der Waals surface area contributed by atoms with Gasteiger partial charge in [0.05, 0.1) is 12.2 Å². The summed E-state index contributed by atoms with van der Waals surface area (Å²) in [5, 5.41) is 3.50. The molecule has 1 N–H and O–H groups in total. The van der Waals surface area contributed by atoms with Crippen molar-refractivity contribution >= 4 is 17.7 Å². The Morgan fingerprint density at radius 1 is 1.39 bits per heavy atom. The predicted molar refractivity (Wildman–Crippen MR) is 79.8 cm³/mol. The number of carbonyl (C=O) groups is 1. The summed E-state index contributed by atoms with van der Waals surface area (Å²) in [6, 6.07) is 0.0297. The summed E-state index contributed by atoms with van der Waals surface area (Å²) in [6.07, 6.45) is 6.92. The zero-order chi connectivity index (χ0) is 13.5. The van der Waals surface area contributed by atoms with Crippen LogP contribution in [0.5, 0.6) is 0 Å². The second-order valence-electron chi connectivity index (χ2n) is 5.42. The maximum atomic E-state index is 12.4. The largest absolute Gasteiger partial charge is 0.326 e. The molecule has 0 radical (unpaired) electrons. The van der Waals surface area contributed by atoms with Crippen LogP contribution < -0.4 is 5.32 Å². The topological polar surface area (TPSA) is 32.3 Å². The van der Waals surface area contributed by atoms with E-state index in [1.165, 1.54) is 12.2 Å². The van der Waals surface area contributed by atoms with Gasteiger partial charge in [-0.15, -0.1) is 0 Å². The second-order valence-corrected chi connectivity index (χ2v) is 6.41. The van der Waals surface area contributed by atoms with Gasteiger partial charge in [0.25, 0.3) is 0 Å². The van der Waals surface area contributed by atoms with E-state index in [9.17, 15) is 4.79 Å². The Hall–Kier alpha value is -0.220. The number of hydrogen-bond acceptors (Lipinski definition) is 3. The van der Waals surface area contributed by atoms with Crippen LogP contribution in [0, 0.1) is 5.92 Å². The highest BCUT2D eigenvalue weighted by molar-refractivity contribution is 7.98. The first-order valence-electron chi connectivity index (χ1n) is 7.17. The van der Waals surface area contributed by atoms with Gasteiger partial charge in [0, 0.05) is 6.54 Å². The number of rotatable bonds is 8. The molecule has 0 aromatic carbocycles. The molecule has 0 spiro atoms. The van der Waals surface area contributed by atoms with Crippen molar-refractivity contribution < 1.29 is 4.79 Å². The van der Waals surface area contributed by atoms with E-state index in [2.05, 4.69) is 37.2 Å². The van der Waals surface area contributed by atoms with Crippen LogP contribution >= 0.6 is 11.8 Å². The molecule has 1 fully saturated rings. The molecule has 0 bridgehead atoms. The molecule has 1 aliphatic heterocycles. The Balaban J connectivity index is 2.51. The average molecular weight is 272 g/mol. The number of amides is 1. The van der Waals surface area contributed by atoms with Crippen molar-refractivity contribution in [3.63, 3.8) is 0 Å². The summed E-state index contributed by atoms with van der Waals surface area (Å²) in [7, 11) is 0. The van der Waals surface area contributed by atoms with Gasteiger partial charge in [-0.1, -0.05) is 27.2 Å².